The smallest absolute Gasteiger partial charge is 0.214 e. The van der Waals surface area contributed by atoms with E-state index < -0.39 is 0 Å². The van der Waals surface area contributed by atoms with Crippen molar-refractivity contribution in [3.05, 3.63) is 75.5 Å². The summed E-state index contributed by atoms with van der Waals surface area (Å²) in [7, 11) is 3.59. The monoisotopic (exact) mass is 324 g/mol. The number of fused-ring (bicyclic) bond motifs is 1. The van der Waals surface area contributed by atoms with Crippen LogP contribution in [-0.4, -0.2) is 23.1 Å². The lowest BCUT2D eigenvalue weighted by Crippen LogP contribution is -2.15. The van der Waals surface area contributed by atoms with Gasteiger partial charge in [-0.05, 0) is 24.6 Å². The third kappa shape index (κ3) is 2.62. The van der Waals surface area contributed by atoms with Crippen LogP contribution in [0.4, 0.5) is 0 Å². The molecule has 124 valence electrons. The highest BCUT2D eigenvalue weighted by atomic mass is 16.6. The molecular weight excluding hydrogens is 304 g/mol. The molecule has 3 rings (SSSR count). The maximum atomic E-state index is 11.4. The summed E-state index contributed by atoms with van der Waals surface area (Å²) in [5.41, 5.74) is 3.95. The molecule has 0 saturated carbocycles. The van der Waals surface area contributed by atoms with Crippen LogP contribution in [0, 0.1) is 17.0 Å². The van der Waals surface area contributed by atoms with Gasteiger partial charge in [-0.2, -0.15) is 0 Å². The summed E-state index contributed by atoms with van der Waals surface area (Å²) in [6.45, 7) is 1.84. The van der Waals surface area contributed by atoms with Crippen molar-refractivity contribution in [3.63, 3.8) is 0 Å². The average Bonchev–Trinajstić information content (AvgIpc) is 2.84. The maximum Gasteiger partial charge on any atom is 0.214 e. The van der Waals surface area contributed by atoms with E-state index in [1.54, 1.807) is 7.11 Å². The Balaban J connectivity index is 2.28. The Morgan fingerprint density at radius 1 is 1.17 bits per heavy atom. The Kier molecular flexibility index (Phi) is 4.25. The molecule has 5 nitrogen and oxygen atoms in total. The van der Waals surface area contributed by atoms with Crippen molar-refractivity contribution in [2.45, 2.75) is 12.8 Å². The van der Waals surface area contributed by atoms with E-state index >= 15 is 0 Å². The van der Waals surface area contributed by atoms with Gasteiger partial charge in [0, 0.05) is 34.1 Å². The first kappa shape index (κ1) is 16.1. The van der Waals surface area contributed by atoms with E-state index in [2.05, 4.69) is 4.57 Å². The molecule has 0 aliphatic heterocycles. The predicted molar refractivity (Wildman–Crippen MR) is 94.4 cm³/mol. The van der Waals surface area contributed by atoms with Crippen molar-refractivity contribution in [1.29, 1.82) is 0 Å². The third-order valence-corrected chi connectivity index (χ3v) is 4.64. The normalized spacial score (nSPS) is 12.3. The van der Waals surface area contributed by atoms with Crippen molar-refractivity contribution < 1.29 is 9.66 Å². The molecular formula is C19H20N2O3. The summed E-state index contributed by atoms with van der Waals surface area (Å²) in [5, 5.41) is 12.4. The van der Waals surface area contributed by atoms with Gasteiger partial charge in [-0.3, -0.25) is 10.1 Å². The summed E-state index contributed by atoms with van der Waals surface area (Å²) >= 11 is 0. The zero-order valence-corrected chi connectivity index (χ0v) is 14.0. The molecule has 0 aliphatic carbocycles. The first-order valence-electron chi connectivity index (χ1n) is 7.83. The van der Waals surface area contributed by atoms with Crippen LogP contribution >= 0.6 is 0 Å². The van der Waals surface area contributed by atoms with Crippen LogP contribution in [0.15, 0.2) is 48.5 Å². The molecule has 5 heteroatoms. The SMILES string of the molecule is COc1ccccc1C(C[N+](=O)[O-])c1c(C)n(C)c2ccccc12. The Hall–Kier alpha value is -2.82. The van der Waals surface area contributed by atoms with Crippen LogP contribution in [0.2, 0.25) is 0 Å². The van der Waals surface area contributed by atoms with Crippen molar-refractivity contribution in [1.82, 2.24) is 4.57 Å². The van der Waals surface area contributed by atoms with E-state index in [9.17, 15) is 10.1 Å². The van der Waals surface area contributed by atoms with Gasteiger partial charge in [-0.15, -0.1) is 0 Å². The van der Waals surface area contributed by atoms with Crippen LogP contribution in [0.1, 0.15) is 22.7 Å². The summed E-state index contributed by atoms with van der Waals surface area (Å²) in [4.78, 5) is 11.1. The second kappa shape index (κ2) is 6.35. The molecule has 2 aromatic carbocycles. The molecule has 24 heavy (non-hydrogen) atoms. The second-order valence-electron chi connectivity index (χ2n) is 5.89. The number of rotatable bonds is 5. The van der Waals surface area contributed by atoms with Crippen LogP contribution in [0.5, 0.6) is 5.75 Å². The molecule has 0 saturated heterocycles. The molecule has 0 amide bonds. The minimum absolute atomic E-state index is 0.171. The first-order chi connectivity index (χ1) is 11.5. The molecule has 1 unspecified atom stereocenters. The molecule has 0 bridgehead atoms. The van der Waals surface area contributed by atoms with E-state index in [0.29, 0.717) is 5.75 Å². The zero-order valence-electron chi connectivity index (χ0n) is 14.0. The second-order valence-corrected chi connectivity index (χ2v) is 5.89. The first-order valence-corrected chi connectivity index (χ1v) is 7.83. The van der Waals surface area contributed by atoms with Gasteiger partial charge in [-0.1, -0.05) is 36.4 Å². The van der Waals surface area contributed by atoms with Gasteiger partial charge in [0.25, 0.3) is 0 Å². The van der Waals surface area contributed by atoms with Gasteiger partial charge in [0.15, 0.2) is 0 Å². The predicted octanol–water partition coefficient (Wildman–Crippen LogP) is 3.90. The van der Waals surface area contributed by atoms with Gasteiger partial charge in [-0.25, -0.2) is 0 Å². The van der Waals surface area contributed by atoms with Crippen molar-refractivity contribution in [2.24, 2.45) is 7.05 Å². The minimum atomic E-state index is -0.359. The number of nitro groups is 1. The zero-order chi connectivity index (χ0) is 17.3. The molecule has 1 atom stereocenters. The fourth-order valence-corrected chi connectivity index (χ4v) is 3.44. The average molecular weight is 324 g/mol. The Morgan fingerprint density at radius 3 is 2.54 bits per heavy atom. The van der Waals surface area contributed by atoms with Crippen molar-refractivity contribution >= 4 is 10.9 Å². The molecule has 0 fully saturated rings. The Bertz CT molecular complexity index is 899. The highest BCUT2D eigenvalue weighted by Crippen LogP contribution is 2.38. The quantitative estimate of drug-likeness (QED) is 0.528. The van der Waals surface area contributed by atoms with E-state index in [0.717, 1.165) is 27.7 Å². The number of aromatic nitrogens is 1. The third-order valence-electron chi connectivity index (χ3n) is 4.64. The molecule has 1 heterocycles. The maximum absolute atomic E-state index is 11.4. The van der Waals surface area contributed by atoms with Crippen molar-refractivity contribution in [2.75, 3.05) is 13.7 Å². The largest absolute Gasteiger partial charge is 0.496 e. The van der Waals surface area contributed by atoms with Gasteiger partial charge in [0.1, 0.15) is 5.75 Å². The number of ether oxygens (including phenoxy) is 1. The fraction of sp³-hybridized carbons (Fsp3) is 0.263. The number of para-hydroxylation sites is 2. The standard InChI is InChI=1S/C19H20N2O3/c1-13-19(15-9-4-6-10-17(15)20(13)2)16(12-21(22)23)14-8-5-7-11-18(14)24-3/h4-11,16H,12H2,1-3H3. The van der Waals surface area contributed by atoms with E-state index in [4.69, 9.17) is 4.74 Å². The van der Waals surface area contributed by atoms with E-state index in [-0.39, 0.29) is 17.4 Å². The van der Waals surface area contributed by atoms with E-state index in [1.807, 2.05) is 62.5 Å². The number of hydrogen-bond donors (Lipinski definition) is 0. The van der Waals surface area contributed by atoms with Gasteiger partial charge >= 0.3 is 0 Å². The minimum Gasteiger partial charge on any atom is -0.496 e. The summed E-state index contributed by atoms with van der Waals surface area (Å²) in [6.07, 6.45) is 0. The lowest BCUT2D eigenvalue weighted by atomic mass is 9.88. The molecule has 0 N–H and O–H groups in total. The molecule has 0 spiro atoms. The highest BCUT2D eigenvalue weighted by Gasteiger charge is 2.28. The Morgan fingerprint density at radius 2 is 1.83 bits per heavy atom. The van der Waals surface area contributed by atoms with Crippen LogP contribution < -0.4 is 4.74 Å². The number of benzene rings is 2. The molecule has 1 aromatic heterocycles. The van der Waals surface area contributed by atoms with Gasteiger partial charge < -0.3 is 9.30 Å². The van der Waals surface area contributed by atoms with Gasteiger partial charge in [0.2, 0.25) is 6.54 Å². The number of methoxy groups -OCH3 is 1. The lowest BCUT2D eigenvalue weighted by Gasteiger charge is -2.17. The highest BCUT2D eigenvalue weighted by molar-refractivity contribution is 5.86. The molecule has 3 aromatic rings. The van der Waals surface area contributed by atoms with Crippen LogP contribution in [0.25, 0.3) is 10.9 Å². The number of aryl methyl sites for hydroxylation is 1. The Labute approximate surface area is 140 Å². The van der Waals surface area contributed by atoms with Crippen LogP contribution in [0.3, 0.4) is 0 Å². The topological polar surface area (TPSA) is 57.3 Å². The summed E-state index contributed by atoms with van der Waals surface area (Å²) < 4.78 is 7.55. The van der Waals surface area contributed by atoms with Gasteiger partial charge in [0.05, 0.1) is 13.0 Å². The van der Waals surface area contributed by atoms with E-state index in [1.165, 1.54) is 0 Å². The summed E-state index contributed by atoms with van der Waals surface area (Å²) in [6, 6.07) is 15.6. The molecule has 0 aliphatic rings. The number of nitrogens with zero attached hydrogens (tertiary/aromatic N) is 2. The van der Waals surface area contributed by atoms with Crippen molar-refractivity contribution in [3.8, 4) is 5.75 Å². The lowest BCUT2D eigenvalue weighted by molar-refractivity contribution is -0.481. The summed E-state index contributed by atoms with van der Waals surface area (Å²) in [5.74, 6) is 0.318. The molecule has 0 radical (unpaired) electrons. The van der Waals surface area contributed by atoms with Crippen LogP contribution in [-0.2, 0) is 7.05 Å². The fourth-order valence-electron chi connectivity index (χ4n) is 3.44. The number of hydrogen-bond acceptors (Lipinski definition) is 3.